The summed E-state index contributed by atoms with van der Waals surface area (Å²) in [6.45, 7) is 7.41. The molecular formula is C16H25N3O. The first-order chi connectivity index (χ1) is 9.74. The zero-order valence-electron chi connectivity index (χ0n) is 12.7. The lowest BCUT2D eigenvalue weighted by atomic mass is 10.0. The Bertz CT molecular complexity index is 428. The quantitative estimate of drug-likeness (QED) is 0.753. The van der Waals surface area contributed by atoms with Crippen molar-refractivity contribution in [1.82, 2.24) is 5.32 Å². The van der Waals surface area contributed by atoms with Crippen LogP contribution in [0.5, 0.6) is 0 Å². The van der Waals surface area contributed by atoms with E-state index in [2.05, 4.69) is 48.3 Å². The van der Waals surface area contributed by atoms with Crippen LogP contribution in [0.1, 0.15) is 31.9 Å². The number of anilines is 1. The van der Waals surface area contributed by atoms with E-state index in [0.29, 0.717) is 19.1 Å². The molecule has 0 bridgehead atoms. The maximum atomic E-state index is 8.83. The standard InChI is InChI=1S/C16H25N3O/c1-4-18-14(2)15-8-5-6-9-16(15)19(11-7-10-17)12-13-20-3/h5-6,8-9,14,18H,4,7,11-13H2,1-3H3. The molecule has 4 heteroatoms. The molecular weight excluding hydrogens is 250 g/mol. The first kappa shape index (κ1) is 16.5. The SMILES string of the molecule is CCNC(C)c1ccccc1N(CCC#N)CCOC. The Morgan fingerprint density at radius 1 is 1.35 bits per heavy atom. The van der Waals surface area contributed by atoms with Gasteiger partial charge in [-0.1, -0.05) is 25.1 Å². The fraction of sp³-hybridized carbons (Fsp3) is 0.562. The van der Waals surface area contributed by atoms with Gasteiger partial charge in [0.25, 0.3) is 0 Å². The first-order valence-corrected chi connectivity index (χ1v) is 7.17. The van der Waals surface area contributed by atoms with Crippen molar-refractivity contribution in [1.29, 1.82) is 5.26 Å². The van der Waals surface area contributed by atoms with Gasteiger partial charge in [0, 0.05) is 31.9 Å². The highest BCUT2D eigenvalue weighted by atomic mass is 16.5. The molecule has 0 saturated carbocycles. The van der Waals surface area contributed by atoms with Gasteiger partial charge in [-0.3, -0.25) is 0 Å². The largest absolute Gasteiger partial charge is 0.383 e. The van der Waals surface area contributed by atoms with E-state index in [1.54, 1.807) is 7.11 Å². The Balaban J connectivity index is 2.95. The molecule has 0 spiro atoms. The van der Waals surface area contributed by atoms with E-state index in [1.807, 2.05) is 6.07 Å². The van der Waals surface area contributed by atoms with Crippen LogP contribution in [0.25, 0.3) is 0 Å². The molecule has 0 aromatic heterocycles. The fourth-order valence-corrected chi connectivity index (χ4v) is 2.30. The van der Waals surface area contributed by atoms with Crippen LogP contribution >= 0.6 is 0 Å². The van der Waals surface area contributed by atoms with Crippen molar-refractivity contribution >= 4 is 5.69 Å². The minimum atomic E-state index is 0.295. The molecule has 0 radical (unpaired) electrons. The van der Waals surface area contributed by atoms with Gasteiger partial charge in [0.1, 0.15) is 0 Å². The number of ether oxygens (including phenoxy) is 1. The highest BCUT2D eigenvalue weighted by molar-refractivity contribution is 5.55. The average molecular weight is 275 g/mol. The van der Waals surface area contributed by atoms with E-state index < -0.39 is 0 Å². The van der Waals surface area contributed by atoms with E-state index in [4.69, 9.17) is 10.00 Å². The number of benzene rings is 1. The third kappa shape index (κ3) is 4.84. The predicted molar refractivity (Wildman–Crippen MR) is 82.9 cm³/mol. The van der Waals surface area contributed by atoms with Gasteiger partial charge in [-0.25, -0.2) is 0 Å². The Labute approximate surface area is 122 Å². The van der Waals surface area contributed by atoms with Crippen LogP contribution in [0.4, 0.5) is 5.69 Å². The zero-order valence-corrected chi connectivity index (χ0v) is 12.7. The van der Waals surface area contributed by atoms with E-state index >= 15 is 0 Å². The summed E-state index contributed by atoms with van der Waals surface area (Å²) in [4.78, 5) is 2.23. The van der Waals surface area contributed by atoms with E-state index in [9.17, 15) is 0 Å². The van der Waals surface area contributed by atoms with E-state index in [0.717, 1.165) is 19.6 Å². The number of nitriles is 1. The van der Waals surface area contributed by atoms with Gasteiger partial charge in [0.15, 0.2) is 0 Å². The fourth-order valence-electron chi connectivity index (χ4n) is 2.30. The Morgan fingerprint density at radius 2 is 2.10 bits per heavy atom. The highest BCUT2D eigenvalue weighted by Gasteiger charge is 2.14. The van der Waals surface area contributed by atoms with Gasteiger partial charge in [0.2, 0.25) is 0 Å². The molecule has 20 heavy (non-hydrogen) atoms. The van der Waals surface area contributed by atoms with Crippen molar-refractivity contribution in [3.63, 3.8) is 0 Å². The van der Waals surface area contributed by atoms with Crippen molar-refractivity contribution in [3.05, 3.63) is 29.8 Å². The lowest BCUT2D eigenvalue weighted by Crippen LogP contribution is -2.30. The van der Waals surface area contributed by atoms with Gasteiger partial charge in [-0.2, -0.15) is 5.26 Å². The molecule has 4 nitrogen and oxygen atoms in total. The molecule has 110 valence electrons. The average Bonchev–Trinajstić information content (AvgIpc) is 2.48. The monoisotopic (exact) mass is 275 g/mol. The van der Waals surface area contributed by atoms with Crippen LogP contribution < -0.4 is 10.2 Å². The zero-order chi connectivity index (χ0) is 14.8. The Kier molecular flexibility index (Phi) is 7.71. The van der Waals surface area contributed by atoms with Crippen LogP contribution in [-0.4, -0.2) is 33.4 Å². The molecule has 1 aromatic rings. The topological polar surface area (TPSA) is 48.3 Å². The molecule has 0 aliphatic carbocycles. The summed E-state index contributed by atoms with van der Waals surface area (Å²) in [5, 5.41) is 12.3. The second-order valence-corrected chi connectivity index (χ2v) is 4.73. The molecule has 1 aromatic carbocycles. The van der Waals surface area contributed by atoms with Gasteiger partial charge in [-0.05, 0) is 25.1 Å². The number of nitrogens with zero attached hydrogens (tertiary/aromatic N) is 2. The highest BCUT2D eigenvalue weighted by Crippen LogP contribution is 2.26. The molecule has 0 fully saturated rings. The molecule has 0 aliphatic rings. The third-order valence-corrected chi connectivity index (χ3v) is 3.31. The summed E-state index contributed by atoms with van der Waals surface area (Å²) in [7, 11) is 1.70. The molecule has 1 unspecified atom stereocenters. The van der Waals surface area contributed by atoms with E-state index in [-0.39, 0.29) is 0 Å². The lowest BCUT2D eigenvalue weighted by Gasteiger charge is -2.28. The molecule has 0 aliphatic heterocycles. The molecule has 0 heterocycles. The van der Waals surface area contributed by atoms with Crippen molar-refractivity contribution in [2.45, 2.75) is 26.3 Å². The summed E-state index contributed by atoms with van der Waals surface area (Å²) in [5.74, 6) is 0. The summed E-state index contributed by atoms with van der Waals surface area (Å²) < 4.78 is 5.18. The molecule has 1 atom stereocenters. The maximum absolute atomic E-state index is 8.83. The van der Waals surface area contributed by atoms with Gasteiger partial charge < -0.3 is 15.0 Å². The molecule has 1 N–H and O–H groups in total. The van der Waals surface area contributed by atoms with Crippen molar-refractivity contribution < 1.29 is 4.74 Å². The van der Waals surface area contributed by atoms with Crippen LogP contribution in [0.3, 0.4) is 0 Å². The van der Waals surface area contributed by atoms with Crippen LogP contribution in [-0.2, 0) is 4.74 Å². The predicted octanol–water partition coefficient (Wildman–Crippen LogP) is 2.72. The summed E-state index contributed by atoms with van der Waals surface area (Å²) >= 11 is 0. The lowest BCUT2D eigenvalue weighted by molar-refractivity contribution is 0.205. The van der Waals surface area contributed by atoms with E-state index in [1.165, 1.54) is 11.3 Å². The van der Waals surface area contributed by atoms with Crippen molar-refractivity contribution in [2.24, 2.45) is 0 Å². The number of rotatable bonds is 9. The Hall–Kier alpha value is -1.57. The normalized spacial score (nSPS) is 11.9. The van der Waals surface area contributed by atoms with Gasteiger partial charge >= 0.3 is 0 Å². The summed E-state index contributed by atoms with van der Waals surface area (Å²) in [6.07, 6.45) is 0.521. The van der Waals surface area contributed by atoms with Crippen LogP contribution in [0, 0.1) is 11.3 Å². The van der Waals surface area contributed by atoms with Crippen LogP contribution in [0.2, 0.25) is 0 Å². The second-order valence-electron chi connectivity index (χ2n) is 4.73. The minimum absolute atomic E-state index is 0.295. The van der Waals surface area contributed by atoms with Crippen molar-refractivity contribution in [3.8, 4) is 6.07 Å². The molecule has 0 saturated heterocycles. The second kappa shape index (κ2) is 9.35. The minimum Gasteiger partial charge on any atom is -0.383 e. The van der Waals surface area contributed by atoms with Crippen molar-refractivity contribution in [2.75, 3.05) is 38.3 Å². The van der Waals surface area contributed by atoms with Gasteiger partial charge in [-0.15, -0.1) is 0 Å². The number of hydrogen-bond donors (Lipinski definition) is 1. The maximum Gasteiger partial charge on any atom is 0.0640 e. The molecule has 1 rings (SSSR count). The number of para-hydroxylation sites is 1. The number of nitrogens with one attached hydrogen (secondary N) is 1. The first-order valence-electron chi connectivity index (χ1n) is 7.17. The number of hydrogen-bond acceptors (Lipinski definition) is 4. The Morgan fingerprint density at radius 3 is 2.75 bits per heavy atom. The number of methoxy groups -OCH3 is 1. The summed E-state index contributed by atoms with van der Waals surface area (Å²) in [5.41, 5.74) is 2.46. The van der Waals surface area contributed by atoms with Crippen LogP contribution in [0.15, 0.2) is 24.3 Å². The molecule has 0 amide bonds. The summed E-state index contributed by atoms with van der Waals surface area (Å²) in [6, 6.07) is 10.9. The van der Waals surface area contributed by atoms with Gasteiger partial charge in [0.05, 0.1) is 19.1 Å². The smallest absolute Gasteiger partial charge is 0.0640 e. The third-order valence-electron chi connectivity index (χ3n) is 3.31.